The molecule has 1 N–H and O–H groups in total. The van der Waals surface area contributed by atoms with Gasteiger partial charge in [0.2, 0.25) is 11.8 Å². The van der Waals surface area contributed by atoms with Crippen molar-refractivity contribution >= 4 is 23.5 Å². The van der Waals surface area contributed by atoms with Crippen LogP contribution in [0.2, 0.25) is 0 Å². The minimum Gasteiger partial charge on any atom is -0.478 e. The zero-order valence-electron chi connectivity index (χ0n) is 11.8. The Morgan fingerprint density at radius 3 is 2.67 bits per heavy atom. The lowest BCUT2D eigenvalue weighted by Crippen LogP contribution is -2.32. The Hall–Kier alpha value is -2.17. The van der Waals surface area contributed by atoms with Crippen molar-refractivity contribution in [1.82, 2.24) is 0 Å². The molecule has 2 aliphatic rings. The van der Waals surface area contributed by atoms with Gasteiger partial charge >= 0.3 is 5.97 Å². The molecule has 3 rings (SSSR count). The average molecular weight is 287 g/mol. The number of hydrogen-bond acceptors (Lipinski definition) is 3. The number of carbonyl (C=O) groups is 3. The topological polar surface area (TPSA) is 74.7 Å². The molecule has 5 nitrogen and oxygen atoms in total. The average Bonchev–Trinajstić information content (AvgIpc) is 2.72. The second-order valence-corrected chi connectivity index (χ2v) is 5.91. The molecule has 2 fully saturated rings. The first kappa shape index (κ1) is 13.8. The summed E-state index contributed by atoms with van der Waals surface area (Å²) in [5.74, 6) is -1.72. The van der Waals surface area contributed by atoms with Crippen LogP contribution < -0.4 is 4.90 Å². The largest absolute Gasteiger partial charge is 0.478 e. The van der Waals surface area contributed by atoms with Gasteiger partial charge in [-0.05, 0) is 37.0 Å². The maximum atomic E-state index is 12.6. The first-order chi connectivity index (χ1) is 10.0. The Labute approximate surface area is 122 Å². The van der Waals surface area contributed by atoms with E-state index in [1.54, 1.807) is 12.1 Å². The molecule has 0 aromatic heterocycles. The first-order valence-corrected chi connectivity index (χ1v) is 7.22. The van der Waals surface area contributed by atoms with E-state index in [9.17, 15) is 14.4 Å². The van der Waals surface area contributed by atoms with Gasteiger partial charge in [0, 0.05) is 0 Å². The van der Waals surface area contributed by atoms with Crippen molar-refractivity contribution in [3.63, 3.8) is 0 Å². The Morgan fingerprint density at radius 2 is 2.00 bits per heavy atom. The van der Waals surface area contributed by atoms with Crippen LogP contribution in [0.4, 0.5) is 5.69 Å². The van der Waals surface area contributed by atoms with Crippen molar-refractivity contribution in [3.8, 4) is 0 Å². The Kier molecular flexibility index (Phi) is 3.27. The fourth-order valence-electron chi connectivity index (χ4n) is 3.56. The summed E-state index contributed by atoms with van der Waals surface area (Å²) in [7, 11) is 0. The predicted molar refractivity (Wildman–Crippen MR) is 75.9 cm³/mol. The van der Waals surface area contributed by atoms with Crippen molar-refractivity contribution in [2.24, 2.45) is 17.8 Å². The number of hydrogen-bond donors (Lipinski definition) is 1. The molecule has 1 aromatic carbocycles. The van der Waals surface area contributed by atoms with Crippen molar-refractivity contribution in [2.75, 3.05) is 4.90 Å². The van der Waals surface area contributed by atoms with E-state index < -0.39 is 5.97 Å². The summed E-state index contributed by atoms with van der Waals surface area (Å²) in [5.41, 5.74) is 0.447. The standard InChI is InChI=1S/C16H17NO4/c1-9-4-2-7-12-13(9)15(19)17(14(12)18)11-6-3-5-10(8-11)16(20)21/h3,5-6,8-9,12-13H,2,4,7H2,1H3,(H,20,21)/t9-,12+,13-/m1/s1. The Balaban J connectivity index is 1.99. The molecule has 1 saturated carbocycles. The number of nitrogens with zero attached hydrogens (tertiary/aromatic N) is 1. The van der Waals surface area contributed by atoms with E-state index in [2.05, 4.69) is 0 Å². The number of aromatic carboxylic acids is 1. The molecule has 0 unspecified atom stereocenters. The van der Waals surface area contributed by atoms with Crippen LogP contribution in [0.1, 0.15) is 36.5 Å². The molecule has 2 amide bonds. The first-order valence-electron chi connectivity index (χ1n) is 7.22. The molecule has 3 atom stereocenters. The zero-order chi connectivity index (χ0) is 15.1. The highest BCUT2D eigenvalue weighted by Crippen LogP contribution is 2.43. The Morgan fingerprint density at radius 1 is 1.24 bits per heavy atom. The summed E-state index contributed by atoms with van der Waals surface area (Å²) in [5, 5.41) is 9.04. The number of amides is 2. The highest BCUT2D eigenvalue weighted by Gasteiger charge is 2.51. The molecule has 0 spiro atoms. The maximum Gasteiger partial charge on any atom is 0.335 e. The van der Waals surface area contributed by atoms with Crippen LogP contribution >= 0.6 is 0 Å². The van der Waals surface area contributed by atoms with Crippen LogP contribution in [0.25, 0.3) is 0 Å². The molecule has 1 heterocycles. The number of anilines is 1. The van der Waals surface area contributed by atoms with E-state index in [0.717, 1.165) is 19.3 Å². The fourth-order valence-corrected chi connectivity index (χ4v) is 3.56. The second kappa shape index (κ2) is 4.98. The van der Waals surface area contributed by atoms with Crippen molar-refractivity contribution in [1.29, 1.82) is 0 Å². The van der Waals surface area contributed by atoms with E-state index in [1.807, 2.05) is 6.92 Å². The number of benzene rings is 1. The van der Waals surface area contributed by atoms with E-state index >= 15 is 0 Å². The molecular weight excluding hydrogens is 270 g/mol. The maximum absolute atomic E-state index is 12.6. The van der Waals surface area contributed by atoms with Crippen LogP contribution in [0.15, 0.2) is 24.3 Å². The third-order valence-corrected chi connectivity index (χ3v) is 4.62. The highest BCUT2D eigenvalue weighted by molar-refractivity contribution is 6.22. The third kappa shape index (κ3) is 2.13. The highest BCUT2D eigenvalue weighted by atomic mass is 16.4. The van der Waals surface area contributed by atoms with Gasteiger partial charge in [-0.25, -0.2) is 4.79 Å². The molecule has 0 radical (unpaired) electrons. The summed E-state index contributed by atoms with van der Waals surface area (Å²) >= 11 is 0. The van der Waals surface area contributed by atoms with E-state index in [1.165, 1.54) is 17.0 Å². The number of carboxylic acid groups (broad SMARTS) is 1. The normalized spacial score (nSPS) is 28.6. The van der Waals surface area contributed by atoms with Crippen LogP contribution in [-0.4, -0.2) is 22.9 Å². The van der Waals surface area contributed by atoms with Crippen molar-refractivity contribution < 1.29 is 19.5 Å². The van der Waals surface area contributed by atoms with Gasteiger partial charge in [-0.15, -0.1) is 0 Å². The lowest BCUT2D eigenvalue weighted by Gasteiger charge is -2.27. The molecule has 0 bridgehead atoms. The quantitative estimate of drug-likeness (QED) is 0.847. The van der Waals surface area contributed by atoms with Gasteiger partial charge in [0.05, 0.1) is 23.1 Å². The van der Waals surface area contributed by atoms with Gasteiger partial charge in [-0.3, -0.25) is 14.5 Å². The number of rotatable bonds is 2. The van der Waals surface area contributed by atoms with Crippen LogP contribution in [0, 0.1) is 17.8 Å². The summed E-state index contributed by atoms with van der Waals surface area (Å²) in [4.78, 5) is 37.4. The molecule has 1 aliphatic carbocycles. The van der Waals surface area contributed by atoms with Crippen LogP contribution in [0.3, 0.4) is 0 Å². The predicted octanol–water partition coefficient (Wildman–Crippen LogP) is 2.31. The molecule has 1 saturated heterocycles. The van der Waals surface area contributed by atoms with E-state index in [-0.39, 0.29) is 35.1 Å². The van der Waals surface area contributed by atoms with Gasteiger partial charge in [0.15, 0.2) is 0 Å². The summed E-state index contributed by atoms with van der Waals surface area (Å²) < 4.78 is 0. The number of carboxylic acids is 1. The second-order valence-electron chi connectivity index (χ2n) is 5.91. The third-order valence-electron chi connectivity index (χ3n) is 4.62. The number of carbonyl (C=O) groups excluding carboxylic acids is 2. The van der Waals surface area contributed by atoms with Gasteiger partial charge in [0.1, 0.15) is 0 Å². The zero-order valence-corrected chi connectivity index (χ0v) is 11.8. The molecule has 21 heavy (non-hydrogen) atoms. The van der Waals surface area contributed by atoms with Crippen molar-refractivity contribution in [2.45, 2.75) is 26.2 Å². The Bertz CT molecular complexity index is 624. The lowest BCUT2D eigenvalue weighted by molar-refractivity contribution is -0.123. The molecular formula is C16H17NO4. The van der Waals surface area contributed by atoms with Crippen LogP contribution in [0.5, 0.6) is 0 Å². The van der Waals surface area contributed by atoms with Gasteiger partial charge in [0.25, 0.3) is 0 Å². The van der Waals surface area contributed by atoms with Gasteiger partial charge in [-0.1, -0.05) is 19.4 Å². The minimum atomic E-state index is -1.07. The number of imide groups is 1. The smallest absolute Gasteiger partial charge is 0.335 e. The number of fused-ring (bicyclic) bond motifs is 1. The van der Waals surface area contributed by atoms with E-state index in [4.69, 9.17) is 5.11 Å². The van der Waals surface area contributed by atoms with Crippen molar-refractivity contribution in [3.05, 3.63) is 29.8 Å². The van der Waals surface area contributed by atoms with Gasteiger partial charge < -0.3 is 5.11 Å². The summed E-state index contributed by atoms with van der Waals surface area (Å²) in [6.07, 6.45) is 2.67. The molecule has 110 valence electrons. The summed E-state index contributed by atoms with van der Waals surface area (Å²) in [6.45, 7) is 2.01. The SMILES string of the molecule is C[C@@H]1CCC[C@@H]2C(=O)N(c3cccc(C(=O)O)c3)C(=O)[C@H]12. The minimum absolute atomic E-state index is 0.0796. The van der Waals surface area contributed by atoms with Gasteiger partial charge in [-0.2, -0.15) is 0 Å². The lowest BCUT2D eigenvalue weighted by atomic mass is 9.74. The molecule has 1 aliphatic heterocycles. The fraction of sp³-hybridized carbons (Fsp3) is 0.438. The van der Waals surface area contributed by atoms with Crippen LogP contribution in [-0.2, 0) is 9.59 Å². The van der Waals surface area contributed by atoms with E-state index in [0.29, 0.717) is 5.69 Å². The molecule has 1 aromatic rings. The monoisotopic (exact) mass is 287 g/mol. The molecule has 5 heteroatoms. The summed E-state index contributed by atoms with van der Waals surface area (Å²) in [6, 6.07) is 6.02.